The number of non-ortho nitro benzene ring substituents is 2. The number of nitro benzene ring substituents is 2. The average Bonchev–Trinajstić information content (AvgIpc) is 3.30. The number of hydrogen-bond acceptors (Lipinski definition) is 10. The van der Waals surface area contributed by atoms with Gasteiger partial charge in [-0.1, -0.05) is 13.0 Å². The number of fused-ring (bicyclic) bond motifs is 5. The smallest absolute Gasteiger partial charge is 0.355 e. The molecule has 0 radical (unpaired) electrons. The van der Waals surface area contributed by atoms with Gasteiger partial charge < -0.3 is 14.0 Å². The number of aromatic nitrogens is 2. The van der Waals surface area contributed by atoms with Crippen LogP contribution < -0.4 is 5.56 Å². The number of esters is 2. The normalized spacial score (nSPS) is 17.0. The number of hydrogen-bond donors (Lipinski definition) is 0. The lowest BCUT2D eigenvalue weighted by Gasteiger charge is -2.35. The minimum atomic E-state index is -1.96. The first kappa shape index (κ1) is 24.9. The van der Waals surface area contributed by atoms with E-state index >= 15 is 0 Å². The summed E-state index contributed by atoms with van der Waals surface area (Å²) in [4.78, 5) is 65.9. The molecule has 0 unspecified atom stereocenters. The molecule has 4 heterocycles. The van der Waals surface area contributed by atoms with Crippen molar-refractivity contribution in [3.8, 4) is 11.4 Å². The number of carbonyl (C=O) groups excluding carboxylic acids is 2. The van der Waals surface area contributed by atoms with Crippen LogP contribution in [0.4, 0.5) is 11.4 Å². The summed E-state index contributed by atoms with van der Waals surface area (Å²) in [5.74, 6) is -1.79. The summed E-state index contributed by atoms with van der Waals surface area (Å²) in [6, 6.07) is 12.4. The lowest BCUT2D eigenvalue weighted by molar-refractivity contribution is -0.384. The van der Waals surface area contributed by atoms with E-state index in [-0.39, 0.29) is 47.6 Å². The van der Waals surface area contributed by atoms with Gasteiger partial charge >= 0.3 is 11.9 Å². The van der Waals surface area contributed by atoms with Gasteiger partial charge in [0.05, 0.1) is 49.8 Å². The van der Waals surface area contributed by atoms with Gasteiger partial charge in [0.2, 0.25) is 5.60 Å². The molecule has 0 N–H and O–H groups in total. The number of ether oxygens (including phenoxy) is 2. The molecule has 0 saturated carbocycles. The van der Waals surface area contributed by atoms with Crippen molar-refractivity contribution in [3.05, 3.63) is 107 Å². The molecule has 2 aliphatic heterocycles. The van der Waals surface area contributed by atoms with E-state index in [1.807, 2.05) is 0 Å². The fraction of sp³-hybridized carbons (Fsp3) is 0.185. The Bertz CT molecular complexity index is 1860. The van der Waals surface area contributed by atoms with Crippen molar-refractivity contribution in [2.75, 3.05) is 0 Å². The molecule has 40 heavy (non-hydrogen) atoms. The Morgan fingerprint density at radius 1 is 1.10 bits per heavy atom. The number of carbonyl (C=O) groups is 2. The standard InChI is InChI=1S/C27H18N4O9/c1-2-27(40-25(33)14-6-8-16(9-7-14)30(35)36)19-11-22-23-15(12-29(22)24(32)18(19)13-39-26(27)34)10-17-20(28-23)4-3-5-21(17)31(37)38/h3-11H,2,12-13H2,1H3/t27-/m0/s1. The molecule has 13 heteroatoms. The van der Waals surface area contributed by atoms with Crippen molar-refractivity contribution in [1.82, 2.24) is 9.55 Å². The van der Waals surface area contributed by atoms with Gasteiger partial charge in [0.15, 0.2) is 0 Å². The number of benzene rings is 2. The van der Waals surface area contributed by atoms with E-state index in [0.29, 0.717) is 27.9 Å². The molecule has 6 rings (SSSR count). The third-order valence-corrected chi connectivity index (χ3v) is 7.27. The minimum Gasteiger partial charge on any atom is -0.457 e. The van der Waals surface area contributed by atoms with Crippen molar-refractivity contribution in [2.24, 2.45) is 0 Å². The summed E-state index contributed by atoms with van der Waals surface area (Å²) in [5, 5.41) is 22.8. The summed E-state index contributed by atoms with van der Waals surface area (Å²) in [6.07, 6.45) is -0.0648. The molecule has 2 aliphatic rings. The highest BCUT2D eigenvalue weighted by Crippen LogP contribution is 2.42. The van der Waals surface area contributed by atoms with Crippen molar-refractivity contribution in [2.45, 2.75) is 32.1 Å². The number of cyclic esters (lactones) is 1. The topological polar surface area (TPSA) is 174 Å². The highest BCUT2D eigenvalue weighted by Gasteiger charge is 2.50. The molecule has 0 spiro atoms. The molecule has 2 aromatic heterocycles. The van der Waals surface area contributed by atoms with Gasteiger partial charge in [-0.2, -0.15) is 0 Å². The van der Waals surface area contributed by atoms with Crippen LogP contribution in [0.1, 0.15) is 40.4 Å². The number of nitrogens with zero attached hydrogens (tertiary/aromatic N) is 4. The van der Waals surface area contributed by atoms with Crippen molar-refractivity contribution in [1.29, 1.82) is 0 Å². The number of nitro groups is 2. The van der Waals surface area contributed by atoms with E-state index in [4.69, 9.17) is 9.47 Å². The first-order valence-electron chi connectivity index (χ1n) is 12.1. The molecule has 0 aliphatic carbocycles. The van der Waals surface area contributed by atoms with Gasteiger partial charge in [0.25, 0.3) is 16.9 Å². The van der Waals surface area contributed by atoms with E-state index in [9.17, 15) is 34.6 Å². The van der Waals surface area contributed by atoms with Crippen LogP contribution in [0.25, 0.3) is 22.3 Å². The number of pyridine rings is 2. The molecule has 0 bridgehead atoms. The fourth-order valence-corrected chi connectivity index (χ4v) is 5.24. The van der Waals surface area contributed by atoms with Crippen LogP contribution >= 0.6 is 0 Å². The second kappa shape index (κ2) is 8.80. The Kier molecular flexibility index (Phi) is 5.47. The molecular formula is C27H18N4O9. The zero-order chi connectivity index (χ0) is 28.3. The Morgan fingerprint density at radius 3 is 2.52 bits per heavy atom. The van der Waals surface area contributed by atoms with Crippen LogP contribution in [0.15, 0.2) is 59.4 Å². The van der Waals surface area contributed by atoms with Crippen molar-refractivity contribution >= 4 is 34.2 Å². The second-order valence-corrected chi connectivity index (χ2v) is 9.36. The van der Waals surface area contributed by atoms with Gasteiger partial charge in [-0.15, -0.1) is 0 Å². The maximum absolute atomic E-state index is 13.6. The third-order valence-electron chi connectivity index (χ3n) is 7.27. The molecule has 4 aromatic rings. The number of rotatable bonds is 5. The Balaban J connectivity index is 1.48. The molecule has 0 saturated heterocycles. The van der Waals surface area contributed by atoms with Crippen LogP contribution in [-0.2, 0) is 33.0 Å². The van der Waals surface area contributed by atoms with Crippen LogP contribution in [0, 0.1) is 20.2 Å². The van der Waals surface area contributed by atoms with E-state index in [2.05, 4.69) is 4.98 Å². The highest BCUT2D eigenvalue weighted by molar-refractivity contribution is 5.94. The molecule has 0 fully saturated rings. The fourth-order valence-electron chi connectivity index (χ4n) is 5.24. The lowest BCUT2D eigenvalue weighted by atomic mass is 9.85. The van der Waals surface area contributed by atoms with Crippen LogP contribution in [0.2, 0.25) is 0 Å². The van der Waals surface area contributed by atoms with Crippen molar-refractivity contribution in [3.63, 3.8) is 0 Å². The predicted octanol–water partition coefficient (Wildman–Crippen LogP) is 3.76. The van der Waals surface area contributed by atoms with Gasteiger partial charge in [0.1, 0.15) is 6.61 Å². The monoisotopic (exact) mass is 542 g/mol. The molecular weight excluding hydrogens is 524 g/mol. The van der Waals surface area contributed by atoms with Crippen LogP contribution in [0.5, 0.6) is 0 Å². The maximum atomic E-state index is 13.6. The first-order chi connectivity index (χ1) is 19.1. The molecule has 2 aromatic carbocycles. The van der Waals surface area contributed by atoms with E-state index < -0.39 is 32.9 Å². The van der Waals surface area contributed by atoms with Crippen molar-refractivity contribution < 1.29 is 28.9 Å². The van der Waals surface area contributed by atoms with E-state index in [1.165, 1.54) is 28.8 Å². The van der Waals surface area contributed by atoms with Gasteiger partial charge in [-0.05, 0) is 36.8 Å². The Morgan fingerprint density at radius 2 is 1.85 bits per heavy atom. The summed E-state index contributed by atoms with van der Waals surface area (Å²) in [7, 11) is 0. The second-order valence-electron chi connectivity index (χ2n) is 9.36. The SMILES string of the molecule is CC[C@@]1(OC(=O)c2ccc([N+](=O)[O-])cc2)C(=O)OCc2c1cc1n(c2=O)Cc2cc3c([N+](=O)[O-])cccc3nc2-1. The largest absolute Gasteiger partial charge is 0.457 e. The maximum Gasteiger partial charge on any atom is 0.355 e. The molecule has 13 nitrogen and oxygen atoms in total. The molecule has 200 valence electrons. The van der Waals surface area contributed by atoms with E-state index in [0.717, 1.165) is 12.1 Å². The van der Waals surface area contributed by atoms with Crippen LogP contribution in [0.3, 0.4) is 0 Å². The lowest BCUT2D eigenvalue weighted by Crippen LogP contribution is -2.47. The van der Waals surface area contributed by atoms with Gasteiger partial charge in [-0.3, -0.25) is 25.0 Å². The van der Waals surface area contributed by atoms with Gasteiger partial charge in [0, 0.05) is 29.3 Å². The summed E-state index contributed by atoms with van der Waals surface area (Å²) >= 11 is 0. The van der Waals surface area contributed by atoms with E-state index in [1.54, 1.807) is 25.1 Å². The Labute approximate surface area is 223 Å². The first-order valence-corrected chi connectivity index (χ1v) is 12.1. The zero-order valence-electron chi connectivity index (χ0n) is 20.8. The molecule has 0 amide bonds. The minimum absolute atomic E-state index is 0.0312. The average molecular weight is 542 g/mol. The quantitative estimate of drug-likeness (QED) is 0.181. The highest BCUT2D eigenvalue weighted by atomic mass is 16.6. The third kappa shape index (κ3) is 3.55. The predicted molar refractivity (Wildman–Crippen MR) is 137 cm³/mol. The summed E-state index contributed by atoms with van der Waals surface area (Å²) < 4.78 is 12.5. The van der Waals surface area contributed by atoms with Gasteiger partial charge in [-0.25, -0.2) is 14.6 Å². The zero-order valence-corrected chi connectivity index (χ0v) is 20.8. The Hall–Kier alpha value is -5.46. The molecule has 1 atom stereocenters. The summed E-state index contributed by atoms with van der Waals surface area (Å²) in [5.41, 5.74) is -0.789. The summed E-state index contributed by atoms with van der Waals surface area (Å²) in [6.45, 7) is 1.37. The van der Waals surface area contributed by atoms with Crippen LogP contribution in [-0.4, -0.2) is 31.3 Å².